The topological polar surface area (TPSA) is 65.6 Å². The van der Waals surface area contributed by atoms with Gasteiger partial charge in [-0.05, 0) is 19.9 Å². The summed E-state index contributed by atoms with van der Waals surface area (Å²) < 4.78 is 5.00. The number of fused-ring (bicyclic) bond motifs is 1. The number of hydrogen-bond acceptors (Lipinski definition) is 4. The Hall–Kier alpha value is -2.15. The van der Waals surface area contributed by atoms with Crippen molar-refractivity contribution >= 4 is 34.7 Å². The van der Waals surface area contributed by atoms with Crippen molar-refractivity contribution in [2.75, 3.05) is 38.5 Å². The number of hydrogen-bond donors (Lipinski definition) is 1. The molecule has 2 aromatic rings. The number of nitrogens with zero attached hydrogens (tertiary/aromatic N) is 2. The van der Waals surface area contributed by atoms with E-state index in [1.54, 1.807) is 23.6 Å². The summed E-state index contributed by atoms with van der Waals surface area (Å²) in [5.41, 5.74) is 2.18. The van der Waals surface area contributed by atoms with Gasteiger partial charge in [0.05, 0.1) is 12.4 Å². The van der Waals surface area contributed by atoms with Crippen LogP contribution in [-0.4, -0.2) is 65.3 Å². The van der Waals surface area contributed by atoms with Crippen LogP contribution in [0.15, 0.2) is 29.2 Å². The fourth-order valence-corrected chi connectivity index (χ4v) is 4.07. The summed E-state index contributed by atoms with van der Waals surface area (Å²) in [7, 11) is 0. The van der Waals surface area contributed by atoms with Crippen molar-refractivity contribution < 1.29 is 14.3 Å². The molecule has 0 aliphatic carbocycles. The van der Waals surface area contributed by atoms with Crippen molar-refractivity contribution in [3.8, 4) is 0 Å². The number of carbonyl (C=O) groups is 2. The van der Waals surface area contributed by atoms with E-state index in [4.69, 9.17) is 4.74 Å². The van der Waals surface area contributed by atoms with Gasteiger partial charge in [-0.25, -0.2) is 4.79 Å². The van der Waals surface area contributed by atoms with E-state index in [1.807, 2.05) is 30.0 Å². The molecule has 1 aliphatic heterocycles. The fourth-order valence-electron chi connectivity index (χ4n) is 3.02. The molecule has 134 valence electrons. The fraction of sp³-hybridized carbons (Fsp3) is 0.444. The van der Waals surface area contributed by atoms with Crippen LogP contribution in [0, 0.1) is 6.92 Å². The van der Waals surface area contributed by atoms with Crippen molar-refractivity contribution in [3.63, 3.8) is 0 Å². The predicted molar refractivity (Wildman–Crippen MR) is 98.9 cm³/mol. The van der Waals surface area contributed by atoms with Gasteiger partial charge in [0.25, 0.3) is 0 Å². The standard InChI is InChI=1S/C18H23N3O3S/c1-3-24-18(23)21-10-8-20(9-11-21)16(22)12-25-17-13(2)19-15-7-5-4-6-14(15)17/h4-7,19H,3,8-12H2,1-2H3. The highest BCUT2D eigenvalue weighted by Crippen LogP contribution is 2.31. The Morgan fingerprint density at radius 2 is 1.84 bits per heavy atom. The van der Waals surface area contributed by atoms with Crippen LogP contribution in [0.1, 0.15) is 12.6 Å². The number of nitrogens with one attached hydrogen (secondary N) is 1. The van der Waals surface area contributed by atoms with Crippen molar-refractivity contribution in [2.24, 2.45) is 0 Å². The number of amides is 2. The molecule has 25 heavy (non-hydrogen) atoms. The number of para-hydroxylation sites is 1. The lowest BCUT2D eigenvalue weighted by molar-refractivity contribution is -0.129. The first-order chi connectivity index (χ1) is 12.1. The summed E-state index contributed by atoms with van der Waals surface area (Å²) >= 11 is 1.57. The quantitative estimate of drug-likeness (QED) is 0.851. The third kappa shape index (κ3) is 3.92. The second-order valence-electron chi connectivity index (χ2n) is 5.98. The largest absolute Gasteiger partial charge is 0.450 e. The number of ether oxygens (including phenoxy) is 1. The lowest BCUT2D eigenvalue weighted by Gasteiger charge is -2.34. The number of thioether (sulfide) groups is 1. The Balaban J connectivity index is 1.55. The average molecular weight is 361 g/mol. The molecule has 0 atom stereocenters. The highest BCUT2D eigenvalue weighted by molar-refractivity contribution is 8.00. The molecule has 3 rings (SSSR count). The average Bonchev–Trinajstić information content (AvgIpc) is 2.95. The molecule has 0 radical (unpaired) electrons. The van der Waals surface area contributed by atoms with E-state index in [9.17, 15) is 9.59 Å². The summed E-state index contributed by atoms with van der Waals surface area (Å²) in [5, 5.41) is 1.16. The Kier molecular flexibility index (Phi) is 5.53. The summed E-state index contributed by atoms with van der Waals surface area (Å²) in [4.78, 5) is 32.2. The lowest BCUT2D eigenvalue weighted by atomic mass is 10.2. The van der Waals surface area contributed by atoms with Crippen LogP contribution in [0.5, 0.6) is 0 Å². The van der Waals surface area contributed by atoms with Gasteiger partial charge >= 0.3 is 6.09 Å². The molecular formula is C18H23N3O3S. The molecule has 1 aromatic carbocycles. The Labute approximate surface area is 151 Å². The minimum Gasteiger partial charge on any atom is -0.450 e. The van der Waals surface area contributed by atoms with Gasteiger partial charge < -0.3 is 19.5 Å². The van der Waals surface area contributed by atoms with Crippen molar-refractivity contribution in [1.29, 1.82) is 0 Å². The molecule has 2 amide bonds. The number of aromatic amines is 1. The zero-order valence-electron chi connectivity index (χ0n) is 14.6. The number of rotatable bonds is 4. The highest BCUT2D eigenvalue weighted by atomic mass is 32.2. The van der Waals surface area contributed by atoms with Crippen LogP contribution in [0.2, 0.25) is 0 Å². The van der Waals surface area contributed by atoms with Crippen molar-refractivity contribution in [3.05, 3.63) is 30.0 Å². The zero-order chi connectivity index (χ0) is 17.8. The first-order valence-corrected chi connectivity index (χ1v) is 9.48. The molecule has 1 N–H and O–H groups in total. The molecule has 1 aliphatic rings. The van der Waals surface area contributed by atoms with E-state index in [1.165, 1.54) is 0 Å². The number of benzene rings is 1. The second-order valence-corrected chi connectivity index (χ2v) is 6.97. The number of carbonyl (C=O) groups excluding carboxylic acids is 2. The Morgan fingerprint density at radius 1 is 1.16 bits per heavy atom. The van der Waals surface area contributed by atoms with Gasteiger partial charge in [0.2, 0.25) is 5.91 Å². The van der Waals surface area contributed by atoms with Gasteiger partial charge in [-0.1, -0.05) is 18.2 Å². The van der Waals surface area contributed by atoms with Gasteiger partial charge in [-0.15, -0.1) is 11.8 Å². The highest BCUT2D eigenvalue weighted by Gasteiger charge is 2.25. The summed E-state index contributed by atoms with van der Waals surface area (Å²) in [5.74, 6) is 0.514. The monoisotopic (exact) mass is 361 g/mol. The smallest absolute Gasteiger partial charge is 0.409 e. The van der Waals surface area contributed by atoms with Crippen LogP contribution >= 0.6 is 11.8 Å². The number of piperazine rings is 1. The van der Waals surface area contributed by atoms with Crippen LogP contribution in [0.3, 0.4) is 0 Å². The first kappa shape index (κ1) is 17.7. The molecule has 6 nitrogen and oxygen atoms in total. The number of aryl methyl sites for hydroxylation is 1. The Morgan fingerprint density at radius 3 is 2.56 bits per heavy atom. The SMILES string of the molecule is CCOC(=O)N1CCN(C(=O)CSc2c(C)[nH]c3ccccc23)CC1. The van der Waals surface area contributed by atoms with Crippen LogP contribution < -0.4 is 0 Å². The number of aromatic nitrogens is 1. The van der Waals surface area contributed by atoms with Crippen molar-refractivity contribution in [1.82, 2.24) is 14.8 Å². The first-order valence-electron chi connectivity index (χ1n) is 8.49. The van der Waals surface area contributed by atoms with Crippen molar-refractivity contribution in [2.45, 2.75) is 18.7 Å². The molecule has 2 heterocycles. The second kappa shape index (κ2) is 7.82. The maximum Gasteiger partial charge on any atom is 0.409 e. The molecule has 1 fully saturated rings. The van der Waals surface area contributed by atoms with E-state index < -0.39 is 0 Å². The molecule has 0 spiro atoms. The van der Waals surface area contributed by atoms with Crippen LogP contribution in [0.25, 0.3) is 10.9 Å². The molecule has 7 heteroatoms. The van der Waals surface area contributed by atoms with Gasteiger partial charge in [-0.3, -0.25) is 4.79 Å². The van der Waals surface area contributed by atoms with Crippen LogP contribution in [-0.2, 0) is 9.53 Å². The minimum atomic E-state index is -0.293. The lowest BCUT2D eigenvalue weighted by Crippen LogP contribution is -2.51. The molecule has 0 saturated carbocycles. The van der Waals surface area contributed by atoms with E-state index in [2.05, 4.69) is 11.1 Å². The molecular weight excluding hydrogens is 338 g/mol. The third-order valence-electron chi connectivity index (χ3n) is 4.33. The van der Waals surface area contributed by atoms with Gasteiger partial charge in [0, 0.05) is 47.7 Å². The molecule has 1 aromatic heterocycles. The van der Waals surface area contributed by atoms with Crippen LogP contribution in [0.4, 0.5) is 4.79 Å². The van der Waals surface area contributed by atoms with E-state index in [0.717, 1.165) is 21.5 Å². The molecule has 0 unspecified atom stereocenters. The minimum absolute atomic E-state index is 0.109. The summed E-state index contributed by atoms with van der Waals surface area (Å²) in [6, 6.07) is 8.13. The molecule has 0 bridgehead atoms. The molecule has 1 saturated heterocycles. The summed E-state index contributed by atoms with van der Waals surface area (Å²) in [6.45, 7) is 6.38. The normalized spacial score (nSPS) is 14.8. The van der Waals surface area contributed by atoms with Gasteiger partial charge in [0.1, 0.15) is 0 Å². The number of H-pyrrole nitrogens is 1. The van der Waals surface area contributed by atoms with E-state index in [0.29, 0.717) is 38.5 Å². The maximum absolute atomic E-state index is 12.5. The Bertz CT molecular complexity index is 766. The van der Waals surface area contributed by atoms with Gasteiger partial charge in [-0.2, -0.15) is 0 Å². The van der Waals surface area contributed by atoms with E-state index in [-0.39, 0.29) is 12.0 Å². The van der Waals surface area contributed by atoms with Gasteiger partial charge in [0.15, 0.2) is 0 Å². The maximum atomic E-state index is 12.5. The zero-order valence-corrected chi connectivity index (χ0v) is 15.4. The van der Waals surface area contributed by atoms with E-state index >= 15 is 0 Å². The predicted octanol–water partition coefficient (Wildman–Crippen LogP) is 2.87. The summed E-state index contributed by atoms with van der Waals surface area (Å²) in [6.07, 6.45) is -0.293. The third-order valence-corrected chi connectivity index (χ3v) is 5.54.